The van der Waals surface area contributed by atoms with Gasteiger partial charge in [0, 0.05) is 37.9 Å². The van der Waals surface area contributed by atoms with Crippen LogP contribution in [0.15, 0.2) is 15.7 Å². The summed E-state index contributed by atoms with van der Waals surface area (Å²) in [7, 11) is -1.07. The Bertz CT molecular complexity index is 874. The fourth-order valence-corrected chi connectivity index (χ4v) is 4.72. The Labute approximate surface area is 147 Å². The first-order chi connectivity index (χ1) is 11.5. The monoisotopic (exact) mass is 371 g/mol. The molecule has 1 aromatic rings. The third kappa shape index (κ3) is 4.20. The van der Waals surface area contributed by atoms with E-state index in [4.69, 9.17) is 0 Å². The average Bonchev–Trinajstić information content (AvgIpc) is 2.49. The Morgan fingerprint density at radius 1 is 1.12 bits per heavy atom. The lowest BCUT2D eigenvalue weighted by atomic mass is 9.98. The van der Waals surface area contributed by atoms with E-state index >= 15 is 0 Å². The largest absolute Gasteiger partial charge is 0.336 e. The summed E-state index contributed by atoms with van der Waals surface area (Å²) in [6, 6.07) is 1.15. The lowest BCUT2D eigenvalue weighted by Gasteiger charge is -2.39. The van der Waals surface area contributed by atoms with Gasteiger partial charge in [0.1, 0.15) is 5.75 Å². The molecule has 1 amide bonds. The molecule has 1 aliphatic rings. The molecule has 1 fully saturated rings. The SMILES string of the molecule is CC1CCCC(C)N1C(=O)CS(=O)(=O)Cc1cc(=O)n(C)c(=O)n1C. The minimum atomic E-state index is -3.80. The molecule has 2 atom stereocenters. The van der Waals surface area contributed by atoms with Crippen molar-refractivity contribution in [1.29, 1.82) is 0 Å². The zero-order valence-electron chi connectivity index (χ0n) is 15.1. The lowest BCUT2D eigenvalue weighted by Crippen LogP contribution is -2.49. The summed E-state index contributed by atoms with van der Waals surface area (Å²) < 4.78 is 26.9. The van der Waals surface area contributed by atoms with Gasteiger partial charge in [-0.15, -0.1) is 0 Å². The van der Waals surface area contributed by atoms with Gasteiger partial charge in [-0.05, 0) is 33.1 Å². The molecule has 0 aliphatic carbocycles. The molecule has 0 bridgehead atoms. The second kappa shape index (κ2) is 7.15. The summed E-state index contributed by atoms with van der Waals surface area (Å²) in [6.07, 6.45) is 2.74. The van der Waals surface area contributed by atoms with Gasteiger partial charge in [0.25, 0.3) is 5.56 Å². The molecule has 0 spiro atoms. The van der Waals surface area contributed by atoms with Crippen LogP contribution in [-0.4, -0.2) is 46.2 Å². The van der Waals surface area contributed by atoms with Crippen molar-refractivity contribution >= 4 is 15.7 Å². The first-order valence-electron chi connectivity index (χ1n) is 8.31. The van der Waals surface area contributed by atoms with Crippen LogP contribution in [0.2, 0.25) is 0 Å². The highest BCUT2D eigenvalue weighted by Crippen LogP contribution is 2.23. The fourth-order valence-electron chi connectivity index (χ4n) is 3.37. The smallest absolute Gasteiger partial charge is 0.330 e. The normalized spacial score (nSPS) is 21.4. The van der Waals surface area contributed by atoms with Crippen molar-refractivity contribution in [3.63, 3.8) is 0 Å². The molecule has 1 aliphatic heterocycles. The maximum atomic E-state index is 12.5. The van der Waals surface area contributed by atoms with Gasteiger partial charge >= 0.3 is 5.69 Å². The zero-order chi connectivity index (χ0) is 18.9. The van der Waals surface area contributed by atoms with E-state index in [9.17, 15) is 22.8 Å². The quantitative estimate of drug-likeness (QED) is 0.729. The maximum Gasteiger partial charge on any atom is 0.330 e. The third-order valence-electron chi connectivity index (χ3n) is 4.82. The van der Waals surface area contributed by atoms with Crippen molar-refractivity contribution < 1.29 is 13.2 Å². The van der Waals surface area contributed by atoms with Gasteiger partial charge in [0.05, 0.1) is 5.75 Å². The van der Waals surface area contributed by atoms with Crippen molar-refractivity contribution in [2.45, 2.75) is 50.9 Å². The number of nitrogens with zero attached hydrogens (tertiary/aromatic N) is 3. The van der Waals surface area contributed by atoms with E-state index < -0.39 is 38.5 Å². The van der Waals surface area contributed by atoms with Crippen LogP contribution in [0.4, 0.5) is 0 Å². The second-order valence-corrected chi connectivity index (χ2v) is 8.90. The van der Waals surface area contributed by atoms with E-state index in [0.29, 0.717) is 0 Å². The van der Waals surface area contributed by atoms with Crippen molar-refractivity contribution in [3.05, 3.63) is 32.6 Å². The Kier molecular flexibility index (Phi) is 5.55. The first kappa shape index (κ1) is 19.4. The van der Waals surface area contributed by atoms with Gasteiger partial charge in [-0.3, -0.25) is 18.7 Å². The molecule has 25 heavy (non-hydrogen) atoms. The Morgan fingerprint density at radius 2 is 1.68 bits per heavy atom. The van der Waals surface area contributed by atoms with E-state index in [0.717, 1.165) is 34.5 Å². The van der Waals surface area contributed by atoms with E-state index in [1.54, 1.807) is 4.90 Å². The molecular formula is C16H25N3O5S. The molecular weight excluding hydrogens is 346 g/mol. The van der Waals surface area contributed by atoms with Crippen LogP contribution in [0.25, 0.3) is 0 Å². The van der Waals surface area contributed by atoms with Crippen molar-refractivity contribution in [3.8, 4) is 0 Å². The van der Waals surface area contributed by atoms with Crippen LogP contribution in [0.5, 0.6) is 0 Å². The molecule has 140 valence electrons. The molecule has 0 saturated carbocycles. The summed E-state index contributed by atoms with van der Waals surface area (Å²) in [5, 5.41) is 0. The molecule has 0 N–H and O–H groups in total. The van der Waals surface area contributed by atoms with Gasteiger partial charge in [-0.25, -0.2) is 13.2 Å². The summed E-state index contributed by atoms with van der Waals surface area (Å²) >= 11 is 0. The first-order valence-corrected chi connectivity index (χ1v) is 10.1. The molecule has 2 rings (SSSR count). The highest BCUT2D eigenvalue weighted by Gasteiger charge is 2.31. The van der Waals surface area contributed by atoms with Crippen molar-refractivity contribution in [1.82, 2.24) is 14.0 Å². The molecule has 1 saturated heterocycles. The molecule has 0 radical (unpaired) electrons. The number of carbonyl (C=O) groups is 1. The molecule has 2 unspecified atom stereocenters. The van der Waals surface area contributed by atoms with Gasteiger partial charge in [0.15, 0.2) is 9.84 Å². The lowest BCUT2D eigenvalue weighted by molar-refractivity contribution is -0.134. The highest BCUT2D eigenvalue weighted by atomic mass is 32.2. The number of hydrogen-bond acceptors (Lipinski definition) is 5. The Morgan fingerprint density at radius 3 is 2.24 bits per heavy atom. The number of sulfone groups is 1. The van der Waals surface area contributed by atoms with E-state index in [-0.39, 0.29) is 17.8 Å². The average molecular weight is 371 g/mol. The highest BCUT2D eigenvalue weighted by molar-refractivity contribution is 7.91. The number of aromatic nitrogens is 2. The van der Waals surface area contributed by atoms with E-state index in [1.165, 1.54) is 14.1 Å². The molecule has 8 nitrogen and oxygen atoms in total. The van der Waals surface area contributed by atoms with E-state index in [2.05, 4.69) is 0 Å². The number of carbonyl (C=O) groups excluding carboxylic acids is 1. The van der Waals surface area contributed by atoms with Gasteiger partial charge in [-0.1, -0.05) is 0 Å². The fraction of sp³-hybridized carbons (Fsp3) is 0.688. The summed E-state index contributed by atoms with van der Waals surface area (Å²) in [5.41, 5.74) is -1.08. The number of rotatable bonds is 4. The predicted octanol–water partition coefficient (Wildman–Crippen LogP) is -0.212. The molecule has 2 heterocycles. The predicted molar refractivity (Wildman–Crippen MR) is 94.0 cm³/mol. The Balaban J connectivity index is 2.22. The standard InChI is InChI=1S/C16H25N3O5S/c1-11-6-5-7-12(2)19(11)15(21)10-25(23,24)9-13-8-14(20)18(4)16(22)17(13)3/h8,11-12H,5-7,9-10H2,1-4H3. The van der Waals surface area contributed by atoms with Gasteiger partial charge < -0.3 is 4.90 Å². The van der Waals surface area contributed by atoms with Gasteiger partial charge in [0.2, 0.25) is 5.91 Å². The summed E-state index contributed by atoms with van der Waals surface area (Å²) in [5.74, 6) is -1.56. The van der Waals surface area contributed by atoms with E-state index in [1.807, 2.05) is 13.8 Å². The van der Waals surface area contributed by atoms with Crippen LogP contribution < -0.4 is 11.2 Å². The number of amides is 1. The molecule has 0 aromatic carbocycles. The van der Waals surface area contributed by atoms with Crippen LogP contribution in [0, 0.1) is 0 Å². The second-order valence-electron chi connectivity index (χ2n) is 6.84. The molecule has 1 aromatic heterocycles. The number of likely N-dealkylation sites (tertiary alicyclic amines) is 1. The minimum absolute atomic E-state index is 0.0137. The van der Waals surface area contributed by atoms with Crippen LogP contribution in [0.1, 0.15) is 38.8 Å². The zero-order valence-corrected chi connectivity index (χ0v) is 15.9. The maximum absolute atomic E-state index is 12.5. The number of hydrogen-bond donors (Lipinski definition) is 0. The van der Waals surface area contributed by atoms with Crippen LogP contribution in [0.3, 0.4) is 0 Å². The third-order valence-corrected chi connectivity index (χ3v) is 6.24. The van der Waals surface area contributed by atoms with Gasteiger partial charge in [-0.2, -0.15) is 0 Å². The summed E-state index contributed by atoms with van der Waals surface area (Å²) in [6.45, 7) is 3.84. The number of piperidine rings is 1. The Hall–Kier alpha value is -1.90. The van der Waals surface area contributed by atoms with Crippen LogP contribution >= 0.6 is 0 Å². The molecule has 9 heteroatoms. The summed E-state index contributed by atoms with van der Waals surface area (Å²) in [4.78, 5) is 37.8. The minimum Gasteiger partial charge on any atom is -0.336 e. The van der Waals surface area contributed by atoms with Crippen molar-refractivity contribution in [2.75, 3.05) is 5.75 Å². The topological polar surface area (TPSA) is 98.5 Å². The van der Waals surface area contributed by atoms with Crippen molar-refractivity contribution in [2.24, 2.45) is 14.1 Å². The van der Waals surface area contributed by atoms with Crippen LogP contribution in [-0.2, 0) is 34.5 Å².